The van der Waals surface area contributed by atoms with Crippen LogP contribution in [-0.4, -0.2) is 35.3 Å². The summed E-state index contributed by atoms with van der Waals surface area (Å²) in [5.74, 6) is -0.238. The molecule has 116 valence electrons. The third-order valence-corrected chi connectivity index (χ3v) is 5.05. The number of aliphatic hydroxyl groups is 1. The molecule has 0 heterocycles. The van der Waals surface area contributed by atoms with Gasteiger partial charge in [-0.3, -0.25) is 0 Å². The van der Waals surface area contributed by atoms with Gasteiger partial charge in [-0.15, -0.1) is 0 Å². The van der Waals surface area contributed by atoms with E-state index in [0.717, 1.165) is 24.0 Å². The summed E-state index contributed by atoms with van der Waals surface area (Å²) in [4.78, 5) is 12.0. The molecule has 0 aromatic heterocycles. The number of fused-ring (bicyclic) bond motifs is 1. The highest BCUT2D eigenvalue weighted by atomic mass is 32.2. The number of hydrogen-bond acceptors (Lipinski definition) is 3. The third-order valence-electron chi connectivity index (χ3n) is 3.89. The molecule has 3 N–H and O–H groups in total. The summed E-state index contributed by atoms with van der Waals surface area (Å²) in [5.41, 5.74) is 1.95. The molecule has 2 amide bonds. The second-order valence-corrected chi connectivity index (χ2v) is 6.37. The highest BCUT2D eigenvalue weighted by Gasteiger charge is 2.25. The van der Waals surface area contributed by atoms with Crippen LogP contribution in [0.5, 0.6) is 0 Å². The van der Waals surface area contributed by atoms with Crippen molar-refractivity contribution < 1.29 is 14.3 Å². The summed E-state index contributed by atoms with van der Waals surface area (Å²) >= 11 is 1.52. The van der Waals surface area contributed by atoms with E-state index < -0.39 is 0 Å². The fraction of sp³-hybridized carbons (Fsp3) is 0.533. The second kappa shape index (κ2) is 7.13. The molecule has 0 spiro atoms. The molecule has 4 nitrogen and oxygen atoms in total. The molecule has 3 unspecified atom stereocenters. The lowest BCUT2D eigenvalue weighted by Crippen LogP contribution is -2.46. The number of nitrogens with one attached hydrogen (secondary N) is 2. The van der Waals surface area contributed by atoms with Gasteiger partial charge in [0, 0.05) is 11.3 Å². The zero-order chi connectivity index (χ0) is 15.4. The minimum atomic E-state index is -0.253. The molecule has 0 aliphatic heterocycles. The number of benzene rings is 1. The summed E-state index contributed by atoms with van der Waals surface area (Å²) in [6.07, 6.45) is 3.46. The van der Waals surface area contributed by atoms with E-state index in [1.807, 2.05) is 13.2 Å². The van der Waals surface area contributed by atoms with Gasteiger partial charge in [0.1, 0.15) is 5.82 Å². The molecule has 0 bridgehead atoms. The topological polar surface area (TPSA) is 61.4 Å². The van der Waals surface area contributed by atoms with Gasteiger partial charge in [0.15, 0.2) is 0 Å². The van der Waals surface area contributed by atoms with E-state index in [-0.39, 0.29) is 35.8 Å². The Kier molecular flexibility index (Phi) is 5.47. The van der Waals surface area contributed by atoms with E-state index in [1.54, 1.807) is 6.07 Å². The Labute approximate surface area is 128 Å². The largest absolute Gasteiger partial charge is 0.395 e. The first kappa shape index (κ1) is 16.1. The molecule has 1 aromatic carbocycles. The quantitative estimate of drug-likeness (QED) is 0.781. The van der Waals surface area contributed by atoms with Crippen molar-refractivity contribution >= 4 is 17.8 Å². The first-order valence-corrected chi connectivity index (χ1v) is 8.33. The number of halogens is 1. The van der Waals surface area contributed by atoms with Crippen LogP contribution in [0, 0.1) is 5.82 Å². The first-order chi connectivity index (χ1) is 10.0. The summed E-state index contributed by atoms with van der Waals surface area (Å²) in [6.45, 7) is 1.89. The van der Waals surface area contributed by atoms with Crippen LogP contribution in [0.1, 0.15) is 30.5 Å². The van der Waals surface area contributed by atoms with Crippen LogP contribution in [0.3, 0.4) is 0 Å². The van der Waals surface area contributed by atoms with Crippen LogP contribution < -0.4 is 10.6 Å². The van der Waals surface area contributed by atoms with Crippen LogP contribution in [0.25, 0.3) is 0 Å². The minimum Gasteiger partial charge on any atom is -0.395 e. The number of carbonyl (C=O) groups excluding carboxylic acids is 1. The molecule has 0 fully saturated rings. The fourth-order valence-corrected chi connectivity index (χ4v) is 3.30. The zero-order valence-corrected chi connectivity index (χ0v) is 13.0. The van der Waals surface area contributed by atoms with E-state index >= 15 is 0 Å². The SMILES string of the molecule is CSC(CO)C(C)NC(=O)NC1CCc2cc(F)ccc21. The zero-order valence-electron chi connectivity index (χ0n) is 12.2. The fourth-order valence-electron chi connectivity index (χ4n) is 2.67. The Bertz CT molecular complexity index is 508. The number of rotatable bonds is 5. The van der Waals surface area contributed by atoms with Crippen molar-refractivity contribution in [2.75, 3.05) is 12.9 Å². The maximum Gasteiger partial charge on any atom is 0.315 e. The number of aliphatic hydroxyl groups excluding tert-OH is 1. The van der Waals surface area contributed by atoms with Crippen molar-refractivity contribution in [3.63, 3.8) is 0 Å². The molecule has 0 radical (unpaired) electrons. The predicted octanol–water partition coefficient (Wildman–Crippen LogP) is 2.22. The number of thioether (sulfide) groups is 1. The summed E-state index contributed by atoms with van der Waals surface area (Å²) in [6, 6.07) is 4.25. The Hall–Kier alpha value is -1.27. The minimum absolute atomic E-state index is 0.0220. The maximum absolute atomic E-state index is 13.2. The van der Waals surface area contributed by atoms with Gasteiger partial charge < -0.3 is 15.7 Å². The lowest BCUT2D eigenvalue weighted by molar-refractivity contribution is 0.229. The van der Waals surface area contributed by atoms with Crippen molar-refractivity contribution in [2.45, 2.75) is 37.1 Å². The van der Waals surface area contributed by atoms with Gasteiger partial charge in [0.25, 0.3) is 0 Å². The Balaban J connectivity index is 1.93. The molecule has 0 saturated carbocycles. The van der Waals surface area contributed by atoms with Gasteiger partial charge >= 0.3 is 6.03 Å². The predicted molar refractivity (Wildman–Crippen MR) is 83.0 cm³/mol. The molecule has 21 heavy (non-hydrogen) atoms. The molecule has 0 saturated heterocycles. The van der Waals surface area contributed by atoms with Gasteiger partial charge in [-0.25, -0.2) is 9.18 Å². The van der Waals surface area contributed by atoms with Gasteiger partial charge in [-0.2, -0.15) is 11.8 Å². The van der Waals surface area contributed by atoms with Gasteiger partial charge in [-0.1, -0.05) is 6.07 Å². The number of urea groups is 1. The molecule has 3 atom stereocenters. The average Bonchev–Trinajstić information content (AvgIpc) is 2.82. The van der Waals surface area contributed by atoms with Crippen LogP contribution in [0.4, 0.5) is 9.18 Å². The standard InChI is InChI=1S/C15H21FN2O2S/c1-9(14(8-19)21-2)17-15(20)18-13-6-3-10-7-11(16)4-5-12(10)13/h4-5,7,9,13-14,19H,3,6,8H2,1-2H3,(H2,17,18,20). The van der Waals surface area contributed by atoms with Gasteiger partial charge in [-0.05, 0) is 49.3 Å². The normalized spacial score (nSPS) is 19.7. The molecule has 6 heteroatoms. The van der Waals surface area contributed by atoms with Crippen molar-refractivity contribution in [1.29, 1.82) is 0 Å². The maximum atomic E-state index is 13.2. The summed E-state index contributed by atoms with van der Waals surface area (Å²) in [5, 5.41) is 15.0. The molecular weight excluding hydrogens is 291 g/mol. The smallest absolute Gasteiger partial charge is 0.315 e. The van der Waals surface area contributed by atoms with Crippen LogP contribution >= 0.6 is 11.8 Å². The number of carbonyl (C=O) groups is 1. The van der Waals surface area contributed by atoms with E-state index in [9.17, 15) is 14.3 Å². The van der Waals surface area contributed by atoms with E-state index in [2.05, 4.69) is 10.6 Å². The number of amides is 2. The van der Waals surface area contributed by atoms with E-state index in [1.165, 1.54) is 23.9 Å². The summed E-state index contributed by atoms with van der Waals surface area (Å²) < 4.78 is 13.2. The number of aryl methyl sites for hydroxylation is 1. The molecule has 2 rings (SSSR count). The Morgan fingerprint density at radius 1 is 1.57 bits per heavy atom. The van der Waals surface area contributed by atoms with Crippen LogP contribution in [0.15, 0.2) is 18.2 Å². The molecule has 1 aliphatic carbocycles. The van der Waals surface area contributed by atoms with Crippen molar-refractivity contribution in [1.82, 2.24) is 10.6 Å². The summed E-state index contributed by atoms with van der Waals surface area (Å²) in [7, 11) is 0. The second-order valence-electron chi connectivity index (χ2n) is 5.30. The lowest BCUT2D eigenvalue weighted by atomic mass is 10.1. The van der Waals surface area contributed by atoms with Gasteiger partial charge in [0.2, 0.25) is 0 Å². The molecule has 1 aliphatic rings. The van der Waals surface area contributed by atoms with Crippen LogP contribution in [-0.2, 0) is 6.42 Å². The Morgan fingerprint density at radius 3 is 3.00 bits per heavy atom. The van der Waals surface area contributed by atoms with E-state index in [0.29, 0.717) is 0 Å². The highest BCUT2D eigenvalue weighted by Crippen LogP contribution is 2.31. The van der Waals surface area contributed by atoms with Crippen molar-refractivity contribution in [3.05, 3.63) is 35.1 Å². The molecule has 1 aromatic rings. The van der Waals surface area contributed by atoms with Gasteiger partial charge in [0.05, 0.1) is 12.6 Å². The van der Waals surface area contributed by atoms with Crippen molar-refractivity contribution in [3.8, 4) is 0 Å². The highest BCUT2D eigenvalue weighted by molar-refractivity contribution is 7.99. The number of hydrogen-bond donors (Lipinski definition) is 3. The molecular formula is C15H21FN2O2S. The first-order valence-electron chi connectivity index (χ1n) is 7.04. The third kappa shape index (κ3) is 3.89. The van der Waals surface area contributed by atoms with E-state index in [4.69, 9.17) is 0 Å². The average molecular weight is 312 g/mol. The van der Waals surface area contributed by atoms with Crippen molar-refractivity contribution in [2.24, 2.45) is 0 Å². The lowest BCUT2D eigenvalue weighted by Gasteiger charge is -2.23. The Morgan fingerprint density at radius 2 is 2.33 bits per heavy atom. The monoisotopic (exact) mass is 312 g/mol. The van der Waals surface area contributed by atoms with Crippen LogP contribution in [0.2, 0.25) is 0 Å².